The first-order valence-corrected chi connectivity index (χ1v) is 11.1. The number of nitrogens with one attached hydrogen (secondary N) is 2. The molecule has 0 radical (unpaired) electrons. The maximum absolute atomic E-state index is 12.4. The molecule has 0 spiro atoms. The zero-order valence-corrected chi connectivity index (χ0v) is 19.3. The molecule has 0 aromatic heterocycles. The fraction of sp³-hybridized carbons (Fsp3) is 0.370. The predicted molar refractivity (Wildman–Crippen MR) is 130 cm³/mol. The van der Waals surface area contributed by atoms with E-state index in [0.29, 0.717) is 13.0 Å². The summed E-state index contributed by atoms with van der Waals surface area (Å²) in [6.45, 7) is 8.05. The Morgan fingerprint density at radius 2 is 1.62 bits per heavy atom. The highest BCUT2D eigenvalue weighted by atomic mass is 16.6. The average molecular weight is 435 g/mol. The second-order valence-electron chi connectivity index (χ2n) is 9.27. The van der Waals surface area contributed by atoms with Gasteiger partial charge in [-0.05, 0) is 49.6 Å². The zero-order chi connectivity index (χ0) is 23.1. The van der Waals surface area contributed by atoms with Crippen molar-refractivity contribution in [3.8, 4) is 0 Å². The number of aliphatic hydroxyl groups excluding tert-OH is 1. The number of rotatable bonds is 8. The molecule has 3 aromatic rings. The fourth-order valence-electron chi connectivity index (χ4n) is 3.74. The highest BCUT2D eigenvalue weighted by molar-refractivity contribution is 5.86. The van der Waals surface area contributed by atoms with Crippen LogP contribution >= 0.6 is 0 Å². The van der Waals surface area contributed by atoms with Crippen LogP contribution in [0.4, 0.5) is 4.79 Å². The van der Waals surface area contributed by atoms with Crippen LogP contribution in [0.2, 0.25) is 0 Å². The lowest BCUT2D eigenvalue weighted by Gasteiger charge is -2.28. The highest BCUT2D eigenvalue weighted by Gasteiger charge is 2.26. The number of hydrogen-bond acceptors (Lipinski definition) is 4. The van der Waals surface area contributed by atoms with Crippen LogP contribution < -0.4 is 10.6 Å². The number of benzene rings is 3. The molecular formula is C27H34N2O3. The van der Waals surface area contributed by atoms with Gasteiger partial charge in [0.05, 0.1) is 0 Å². The molecule has 0 aliphatic rings. The van der Waals surface area contributed by atoms with E-state index in [0.717, 1.165) is 5.56 Å². The Bertz CT molecular complexity index is 1010. The van der Waals surface area contributed by atoms with Crippen LogP contribution in [-0.4, -0.2) is 35.5 Å². The lowest BCUT2D eigenvalue weighted by molar-refractivity contribution is 0.000638. The van der Waals surface area contributed by atoms with Gasteiger partial charge in [-0.25, -0.2) is 4.79 Å². The normalized spacial score (nSPS) is 14.5. The maximum atomic E-state index is 12.4. The topological polar surface area (TPSA) is 70.6 Å². The molecule has 3 N–H and O–H groups in total. The van der Waals surface area contributed by atoms with Crippen molar-refractivity contribution in [2.24, 2.45) is 0 Å². The summed E-state index contributed by atoms with van der Waals surface area (Å²) in [4.78, 5) is 12.4. The first-order chi connectivity index (χ1) is 15.2. The zero-order valence-electron chi connectivity index (χ0n) is 19.3. The van der Waals surface area contributed by atoms with Crippen molar-refractivity contribution >= 4 is 16.9 Å². The minimum absolute atomic E-state index is 0.0246. The fourth-order valence-corrected chi connectivity index (χ4v) is 3.74. The summed E-state index contributed by atoms with van der Waals surface area (Å²) >= 11 is 0. The molecule has 5 heteroatoms. The van der Waals surface area contributed by atoms with Crippen molar-refractivity contribution in [1.82, 2.24) is 10.6 Å². The summed E-state index contributed by atoms with van der Waals surface area (Å²) in [5.41, 5.74) is 1.75. The molecule has 5 nitrogen and oxygen atoms in total. The van der Waals surface area contributed by atoms with Gasteiger partial charge in [0.15, 0.2) is 0 Å². The Balaban J connectivity index is 1.69. The van der Waals surface area contributed by atoms with E-state index >= 15 is 0 Å². The SMILES string of the molecule is CC(NC[C@@H](O)[C@H](Cc1ccccc1)OC(=O)NC(C)(C)C)c1cccc2ccccc12. The molecule has 1 amide bonds. The van der Waals surface area contributed by atoms with Crippen molar-refractivity contribution in [3.05, 3.63) is 83.9 Å². The Hall–Kier alpha value is -2.89. The first-order valence-electron chi connectivity index (χ1n) is 11.1. The van der Waals surface area contributed by atoms with Crippen LogP contribution in [0.5, 0.6) is 0 Å². The van der Waals surface area contributed by atoms with Gasteiger partial charge in [0.25, 0.3) is 0 Å². The van der Waals surface area contributed by atoms with Crippen molar-refractivity contribution in [3.63, 3.8) is 0 Å². The molecule has 170 valence electrons. The Morgan fingerprint density at radius 1 is 0.969 bits per heavy atom. The van der Waals surface area contributed by atoms with Gasteiger partial charge < -0.3 is 20.5 Å². The van der Waals surface area contributed by atoms with Crippen molar-refractivity contribution in [2.45, 2.75) is 57.9 Å². The second-order valence-corrected chi connectivity index (χ2v) is 9.27. The Morgan fingerprint density at radius 3 is 2.34 bits per heavy atom. The number of amides is 1. The van der Waals surface area contributed by atoms with E-state index in [1.54, 1.807) is 0 Å². The van der Waals surface area contributed by atoms with E-state index in [-0.39, 0.29) is 6.04 Å². The quantitative estimate of drug-likeness (QED) is 0.467. The molecule has 32 heavy (non-hydrogen) atoms. The minimum atomic E-state index is -0.863. The van der Waals surface area contributed by atoms with Gasteiger partial charge >= 0.3 is 6.09 Å². The van der Waals surface area contributed by atoms with Gasteiger partial charge in [-0.15, -0.1) is 0 Å². The van der Waals surface area contributed by atoms with Crippen molar-refractivity contribution < 1.29 is 14.6 Å². The summed E-state index contributed by atoms with van der Waals surface area (Å²) in [5, 5.41) is 19.6. The van der Waals surface area contributed by atoms with E-state index in [1.165, 1.54) is 16.3 Å². The average Bonchev–Trinajstić information content (AvgIpc) is 2.76. The number of carbonyl (C=O) groups excluding carboxylic acids is 1. The van der Waals surface area contributed by atoms with Crippen LogP contribution in [0.25, 0.3) is 10.8 Å². The van der Waals surface area contributed by atoms with E-state index < -0.39 is 23.8 Å². The number of aliphatic hydroxyl groups is 1. The summed E-state index contributed by atoms with van der Waals surface area (Å²) < 4.78 is 5.66. The molecule has 0 aliphatic carbocycles. The lowest BCUT2D eigenvalue weighted by Crippen LogP contribution is -2.46. The van der Waals surface area contributed by atoms with Gasteiger partial charge in [0.1, 0.15) is 12.2 Å². The number of fused-ring (bicyclic) bond motifs is 1. The van der Waals surface area contributed by atoms with Gasteiger partial charge in [0, 0.05) is 24.5 Å². The standard InChI is InChI=1S/C27H34N2O3/c1-19(22-16-10-14-21-13-8-9-15-23(21)22)28-18-24(30)25(17-20-11-6-5-7-12-20)32-26(31)29-27(2,3)4/h5-16,19,24-25,28,30H,17-18H2,1-4H3,(H,29,31)/t19?,24-,25+/m1/s1. The van der Waals surface area contributed by atoms with Crippen molar-refractivity contribution in [1.29, 1.82) is 0 Å². The first kappa shape index (κ1) is 23.8. The number of hydrogen-bond donors (Lipinski definition) is 3. The third-order valence-electron chi connectivity index (χ3n) is 5.37. The Kier molecular flexibility index (Phi) is 7.89. The third kappa shape index (κ3) is 6.81. The molecule has 3 aromatic carbocycles. The van der Waals surface area contributed by atoms with E-state index in [9.17, 15) is 9.90 Å². The largest absolute Gasteiger partial charge is 0.443 e. The Labute approximate surface area is 190 Å². The molecule has 0 aliphatic heterocycles. The summed E-state index contributed by atoms with van der Waals surface area (Å²) in [5.74, 6) is 0. The van der Waals surface area contributed by atoms with Gasteiger partial charge in [-0.3, -0.25) is 0 Å². The predicted octanol–water partition coefficient (Wildman–Crippen LogP) is 4.99. The third-order valence-corrected chi connectivity index (χ3v) is 5.37. The van der Waals surface area contributed by atoms with Gasteiger partial charge in [0.2, 0.25) is 0 Å². The van der Waals surface area contributed by atoms with Gasteiger partial charge in [-0.2, -0.15) is 0 Å². The second kappa shape index (κ2) is 10.6. The number of alkyl carbamates (subject to hydrolysis) is 1. The van der Waals surface area contributed by atoms with Crippen LogP contribution in [-0.2, 0) is 11.2 Å². The number of carbonyl (C=O) groups is 1. The molecule has 0 fully saturated rings. The summed E-state index contributed by atoms with van der Waals surface area (Å²) in [7, 11) is 0. The van der Waals surface area contributed by atoms with Gasteiger partial charge in [-0.1, -0.05) is 72.8 Å². The molecule has 0 saturated carbocycles. The number of ether oxygens (including phenoxy) is 1. The van der Waals surface area contributed by atoms with Crippen LogP contribution in [0, 0.1) is 0 Å². The summed E-state index contributed by atoms with van der Waals surface area (Å²) in [6.07, 6.45) is -1.63. The molecule has 0 heterocycles. The maximum Gasteiger partial charge on any atom is 0.407 e. The van der Waals surface area contributed by atoms with Crippen LogP contribution in [0.1, 0.15) is 44.9 Å². The van der Waals surface area contributed by atoms with E-state index in [1.807, 2.05) is 69.3 Å². The molecule has 1 unspecified atom stereocenters. The molecular weight excluding hydrogens is 400 g/mol. The summed E-state index contributed by atoms with van der Waals surface area (Å²) in [6, 6.07) is 24.3. The molecule has 0 bridgehead atoms. The monoisotopic (exact) mass is 434 g/mol. The molecule has 3 rings (SSSR count). The lowest BCUT2D eigenvalue weighted by atomic mass is 9.99. The van der Waals surface area contributed by atoms with Crippen LogP contribution in [0.15, 0.2) is 72.8 Å². The van der Waals surface area contributed by atoms with E-state index in [4.69, 9.17) is 4.74 Å². The molecule has 0 saturated heterocycles. The van der Waals surface area contributed by atoms with Crippen LogP contribution in [0.3, 0.4) is 0 Å². The smallest absolute Gasteiger partial charge is 0.407 e. The highest BCUT2D eigenvalue weighted by Crippen LogP contribution is 2.24. The molecule has 3 atom stereocenters. The van der Waals surface area contributed by atoms with Crippen molar-refractivity contribution in [2.75, 3.05) is 6.54 Å². The minimum Gasteiger partial charge on any atom is -0.443 e. The van der Waals surface area contributed by atoms with E-state index in [2.05, 4.69) is 41.8 Å².